The summed E-state index contributed by atoms with van der Waals surface area (Å²) in [6, 6.07) is 7.46. The van der Waals surface area contributed by atoms with Crippen molar-refractivity contribution >= 4 is 17.5 Å². The maximum atomic E-state index is 12.2. The number of benzene rings is 1. The molecule has 1 fully saturated rings. The topological polar surface area (TPSA) is 41.6 Å². The van der Waals surface area contributed by atoms with Crippen LogP contribution in [0.4, 0.5) is 0 Å². The lowest BCUT2D eigenvalue weighted by atomic mass is 10.0. The quantitative estimate of drug-likeness (QED) is 0.874. The Kier molecular flexibility index (Phi) is 6.52. The molecular formula is C17H25ClN2O2. The number of nitrogens with one attached hydrogen (secondary N) is 1. The highest BCUT2D eigenvalue weighted by Gasteiger charge is 2.23. The first-order valence-corrected chi connectivity index (χ1v) is 8.42. The predicted molar refractivity (Wildman–Crippen MR) is 89.4 cm³/mol. The van der Waals surface area contributed by atoms with Gasteiger partial charge in [0.15, 0.2) is 6.10 Å². The summed E-state index contributed by atoms with van der Waals surface area (Å²) >= 11 is 6.05. The monoisotopic (exact) mass is 324 g/mol. The van der Waals surface area contributed by atoms with Crippen LogP contribution in [-0.4, -0.2) is 42.6 Å². The van der Waals surface area contributed by atoms with Crippen molar-refractivity contribution in [2.75, 3.05) is 19.6 Å². The molecule has 1 aromatic carbocycles. The van der Waals surface area contributed by atoms with Crippen molar-refractivity contribution in [2.24, 2.45) is 0 Å². The molecule has 0 saturated carbocycles. The molecule has 1 saturated heterocycles. The molecule has 5 heteroatoms. The number of carbonyl (C=O) groups excluding carboxylic acids is 1. The van der Waals surface area contributed by atoms with Crippen molar-refractivity contribution in [1.82, 2.24) is 10.2 Å². The minimum atomic E-state index is -0.548. The van der Waals surface area contributed by atoms with Crippen LogP contribution in [0.25, 0.3) is 0 Å². The molecule has 0 spiro atoms. The van der Waals surface area contributed by atoms with Crippen molar-refractivity contribution in [3.8, 4) is 5.75 Å². The predicted octanol–water partition coefficient (Wildman–Crippen LogP) is 3.10. The number of carbonyl (C=O) groups is 1. The van der Waals surface area contributed by atoms with E-state index in [9.17, 15) is 4.79 Å². The molecule has 1 aliphatic heterocycles. The van der Waals surface area contributed by atoms with Gasteiger partial charge in [0.2, 0.25) is 0 Å². The lowest BCUT2D eigenvalue weighted by molar-refractivity contribution is -0.128. The molecule has 2 rings (SSSR count). The van der Waals surface area contributed by atoms with Gasteiger partial charge in [0.05, 0.1) is 5.02 Å². The molecule has 4 nitrogen and oxygen atoms in total. The first-order chi connectivity index (χ1) is 10.6. The van der Waals surface area contributed by atoms with E-state index in [-0.39, 0.29) is 11.9 Å². The van der Waals surface area contributed by atoms with Gasteiger partial charge in [-0.1, -0.05) is 30.7 Å². The van der Waals surface area contributed by atoms with Gasteiger partial charge in [0.25, 0.3) is 5.91 Å². The first kappa shape index (κ1) is 17.1. The van der Waals surface area contributed by atoms with E-state index in [2.05, 4.69) is 17.1 Å². The normalized spacial score (nSPS) is 18.0. The Morgan fingerprint density at radius 2 is 2.09 bits per heavy atom. The number of nitrogens with zero attached hydrogens (tertiary/aromatic N) is 1. The molecular weight excluding hydrogens is 300 g/mol. The fraction of sp³-hybridized carbons (Fsp3) is 0.588. The highest BCUT2D eigenvalue weighted by molar-refractivity contribution is 6.32. The number of hydrogen-bond donors (Lipinski definition) is 1. The Hall–Kier alpha value is -1.26. The second-order valence-electron chi connectivity index (χ2n) is 5.82. The van der Waals surface area contributed by atoms with Crippen LogP contribution in [0.15, 0.2) is 24.3 Å². The molecule has 0 bridgehead atoms. The van der Waals surface area contributed by atoms with Gasteiger partial charge in [-0.3, -0.25) is 4.79 Å². The van der Waals surface area contributed by atoms with Crippen molar-refractivity contribution < 1.29 is 9.53 Å². The van der Waals surface area contributed by atoms with Crippen LogP contribution >= 0.6 is 11.6 Å². The molecule has 0 aliphatic carbocycles. The number of piperidine rings is 1. The highest BCUT2D eigenvalue weighted by atomic mass is 35.5. The van der Waals surface area contributed by atoms with Gasteiger partial charge in [-0.15, -0.1) is 0 Å². The second-order valence-corrected chi connectivity index (χ2v) is 6.22. The lowest BCUT2D eigenvalue weighted by Gasteiger charge is -2.32. The van der Waals surface area contributed by atoms with Crippen molar-refractivity contribution in [3.05, 3.63) is 29.3 Å². The van der Waals surface area contributed by atoms with Gasteiger partial charge in [0.1, 0.15) is 5.75 Å². The third kappa shape index (κ3) is 4.89. The van der Waals surface area contributed by atoms with Crippen LogP contribution in [-0.2, 0) is 4.79 Å². The number of halogens is 1. The van der Waals surface area contributed by atoms with Crippen LogP contribution < -0.4 is 10.1 Å². The smallest absolute Gasteiger partial charge is 0.260 e. The Bertz CT molecular complexity index is 487. The number of para-hydroxylation sites is 1. The Balaban J connectivity index is 1.79. The molecule has 0 radical (unpaired) electrons. The molecule has 0 aromatic heterocycles. The fourth-order valence-corrected chi connectivity index (χ4v) is 2.90. The van der Waals surface area contributed by atoms with E-state index in [1.807, 2.05) is 12.1 Å². The van der Waals surface area contributed by atoms with Crippen LogP contribution in [0.3, 0.4) is 0 Å². The summed E-state index contributed by atoms with van der Waals surface area (Å²) in [6.45, 7) is 7.20. The average molecular weight is 325 g/mol. The Morgan fingerprint density at radius 1 is 1.41 bits per heavy atom. The Morgan fingerprint density at radius 3 is 2.73 bits per heavy atom. The van der Waals surface area contributed by atoms with Gasteiger partial charge < -0.3 is 15.0 Å². The van der Waals surface area contributed by atoms with E-state index in [4.69, 9.17) is 16.3 Å². The summed E-state index contributed by atoms with van der Waals surface area (Å²) < 4.78 is 5.65. The van der Waals surface area contributed by atoms with Gasteiger partial charge in [0, 0.05) is 19.1 Å². The van der Waals surface area contributed by atoms with Crippen molar-refractivity contribution in [3.63, 3.8) is 0 Å². The van der Waals surface area contributed by atoms with E-state index < -0.39 is 6.10 Å². The fourth-order valence-electron chi connectivity index (χ4n) is 2.72. The zero-order valence-corrected chi connectivity index (χ0v) is 14.1. The number of rotatable bonds is 6. The lowest BCUT2D eigenvalue weighted by Crippen LogP contribution is -2.48. The molecule has 1 atom stereocenters. The van der Waals surface area contributed by atoms with Gasteiger partial charge in [-0.05, 0) is 44.9 Å². The van der Waals surface area contributed by atoms with Crippen LogP contribution in [0, 0.1) is 0 Å². The SMILES string of the molecule is CCCN1CCC(NC(=O)[C@H](C)Oc2ccccc2Cl)CC1. The van der Waals surface area contributed by atoms with Gasteiger partial charge in [-0.25, -0.2) is 0 Å². The third-order valence-corrected chi connectivity index (χ3v) is 4.30. The summed E-state index contributed by atoms with van der Waals surface area (Å²) in [4.78, 5) is 14.7. The number of likely N-dealkylation sites (tertiary alicyclic amines) is 1. The molecule has 1 heterocycles. The number of ether oxygens (including phenoxy) is 1. The van der Waals surface area contributed by atoms with E-state index in [1.54, 1.807) is 19.1 Å². The first-order valence-electron chi connectivity index (χ1n) is 8.04. The summed E-state index contributed by atoms with van der Waals surface area (Å²) in [5.74, 6) is 0.471. The molecule has 1 aliphatic rings. The molecule has 122 valence electrons. The largest absolute Gasteiger partial charge is 0.479 e. The molecule has 1 amide bonds. The van der Waals surface area contributed by atoms with E-state index in [0.29, 0.717) is 10.8 Å². The number of amides is 1. The minimum Gasteiger partial charge on any atom is -0.479 e. The Labute approximate surface area is 137 Å². The molecule has 1 aromatic rings. The van der Waals surface area contributed by atoms with E-state index in [0.717, 1.165) is 32.5 Å². The third-order valence-electron chi connectivity index (χ3n) is 3.98. The minimum absolute atomic E-state index is 0.0751. The standard InChI is InChI=1S/C17H25ClN2O2/c1-3-10-20-11-8-14(9-12-20)19-17(21)13(2)22-16-7-5-4-6-15(16)18/h4-7,13-14H,3,8-12H2,1-2H3,(H,19,21)/t13-/m0/s1. The van der Waals surface area contributed by atoms with Crippen molar-refractivity contribution in [2.45, 2.75) is 45.3 Å². The van der Waals surface area contributed by atoms with Crippen LogP contribution in [0.1, 0.15) is 33.1 Å². The van der Waals surface area contributed by atoms with Crippen molar-refractivity contribution in [1.29, 1.82) is 0 Å². The maximum absolute atomic E-state index is 12.2. The second kappa shape index (κ2) is 8.39. The van der Waals surface area contributed by atoms with Crippen LogP contribution in [0.2, 0.25) is 5.02 Å². The summed E-state index contributed by atoms with van der Waals surface area (Å²) in [5, 5.41) is 3.61. The van der Waals surface area contributed by atoms with E-state index in [1.165, 1.54) is 6.42 Å². The zero-order chi connectivity index (χ0) is 15.9. The molecule has 0 unspecified atom stereocenters. The van der Waals surface area contributed by atoms with Crippen LogP contribution in [0.5, 0.6) is 5.75 Å². The highest BCUT2D eigenvalue weighted by Crippen LogP contribution is 2.24. The maximum Gasteiger partial charge on any atom is 0.260 e. The molecule has 1 N–H and O–H groups in total. The molecule has 22 heavy (non-hydrogen) atoms. The summed E-state index contributed by atoms with van der Waals surface area (Å²) in [7, 11) is 0. The van der Waals surface area contributed by atoms with Gasteiger partial charge >= 0.3 is 0 Å². The average Bonchev–Trinajstić information content (AvgIpc) is 2.51. The number of hydrogen-bond acceptors (Lipinski definition) is 3. The summed E-state index contributed by atoms with van der Waals surface area (Å²) in [5.41, 5.74) is 0. The van der Waals surface area contributed by atoms with E-state index >= 15 is 0 Å². The summed E-state index contributed by atoms with van der Waals surface area (Å²) in [6.07, 6.45) is 2.64. The van der Waals surface area contributed by atoms with Gasteiger partial charge in [-0.2, -0.15) is 0 Å². The zero-order valence-electron chi connectivity index (χ0n) is 13.3.